The summed E-state index contributed by atoms with van der Waals surface area (Å²) >= 11 is 0. The molecule has 0 spiro atoms. The predicted octanol–water partition coefficient (Wildman–Crippen LogP) is 2.98. The third-order valence-electron chi connectivity index (χ3n) is 6.21. The first-order valence-electron chi connectivity index (χ1n) is 11.4. The van der Waals surface area contributed by atoms with Gasteiger partial charge in [-0.1, -0.05) is 0 Å². The van der Waals surface area contributed by atoms with E-state index in [1.807, 2.05) is 41.7 Å². The van der Waals surface area contributed by atoms with Crippen molar-refractivity contribution >= 4 is 17.3 Å². The zero-order valence-corrected chi connectivity index (χ0v) is 19.8. The molecule has 0 saturated heterocycles. The molecular weight excluding hydrogens is 446 g/mol. The average molecular weight is 474 g/mol. The van der Waals surface area contributed by atoms with Crippen LogP contribution in [0.4, 0.5) is 11.4 Å². The number of carbonyl (C=O) groups excluding carboxylic acids is 1. The van der Waals surface area contributed by atoms with Crippen LogP contribution in [0.25, 0.3) is 0 Å². The van der Waals surface area contributed by atoms with Crippen LogP contribution in [0.5, 0.6) is 5.75 Å². The molecule has 1 saturated carbocycles. The van der Waals surface area contributed by atoms with Crippen molar-refractivity contribution in [2.45, 2.75) is 32.4 Å². The Kier molecular flexibility index (Phi) is 6.13. The molecule has 1 aliphatic rings. The quantitative estimate of drug-likeness (QED) is 0.380. The lowest BCUT2D eigenvalue weighted by molar-refractivity contribution is 0.102. The molecule has 1 aromatic carbocycles. The third kappa shape index (κ3) is 4.84. The zero-order valence-electron chi connectivity index (χ0n) is 19.8. The van der Waals surface area contributed by atoms with E-state index in [0.717, 1.165) is 29.3 Å². The Morgan fingerprint density at radius 1 is 1.26 bits per heavy atom. The number of aromatic nitrogens is 7. The molecule has 35 heavy (non-hydrogen) atoms. The third-order valence-corrected chi connectivity index (χ3v) is 6.21. The van der Waals surface area contributed by atoms with Crippen LogP contribution in [0, 0.1) is 12.8 Å². The Labute approximate surface area is 202 Å². The number of anilines is 2. The monoisotopic (exact) mass is 473 g/mol. The number of benzene rings is 1. The first-order chi connectivity index (χ1) is 17.0. The van der Waals surface area contributed by atoms with Crippen LogP contribution in [-0.4, -0.2) is 48.0 Å². The van der Waals surface area contributed by atoms with Crippen molar-refractivity contribution < 1.29 is 9.53 Å². The van der Waals surface area contributed by atoms with Gasteiger partial charge in [-0.2, -0.15) is 5.10 Å². The summed E-state index contributed by atoms with van der Waals surface area (Å²) in [5.74, 6) is 1.60. The molecule has 5 rings (SSSR count). The van der Waals surface area contributed by atoms with E-state index < -0.39 is 0 Å². The van der Waals surface area contributed by atoms with E-state index in [4.69, 9.17) is 4.74 Å². The van der Waals surface area contributed by atoms with Gasteiger partial charge in [-0.15, -0.1) is 5.10 Å². The lowest BCUT2D eigenvalue weighted by Crippen LogP contribution is -2.20. The molecule has 0 radical (unpaired) electrons. The van der Waals surface area contributed by atoms with Crippen molar-refractivity contribution in [3.63, 3.8) is 0 Å². The van der Waals surface area contributed by atoms with Crippen LogP contribution in [0.15, 0.2) is 48.9 Å². The van der Waals surface area contributed by atoms with Gasteiger partial charge in [0.1, 0.15) is 11.8 Å². The minimum absolute atomic E-state index is 0.264. The molecule has 1 unspecified atom stereocenters. The van der Waals surface area contributed by atoms with E-state index in [2.05, 4.69) is 36.2 Å². The summed E-state index contributed by atoms with van der Waals surface area (Å²) in [6, 6.07) is 8.63. The molecule has 1 fully saturated rings. The van der Waals surface area contributed by atoms with Crippen molar-refractivity contribution in [3.8, 4) is 5.75 Å². The summed E-state index contributed by atoms with van der Waals surface area (Å²) in [5, 5.41) is 23.4. The summed E-state index contributed by atoms with van der Waals surface area (Å²) in [6.45, 7) is 2.81. The lowest BCUT2D eigenvalue weighted by Gasteiger charge is -2.20. The Hall–Kier alpha value is -4.28. The van der Waals surface area contributed by atoms with Gasteiger partial charge in [0.25, 0.3) is 5.91 Å². The van der Waals surface area contributed by atoms with Crippen LogP contribution >= 0.6 is 0 Å². The van der Waals surface area contributed by atoms with Crippen LogP contribution in [0.2, 0.25) is 0 Å². The van der Waals surface area contributed by atoms with E-state index >= 15 is 0 Å². The highest BCUT2D eigenvalue weighted by atomic mass is 16.5. The van der Waals surface area contributed by atoms with Crippen LogP contribution < -0.4 is 15.4 Å². The summed E-state index contributed by atoms with van der Waals surface area (Å²) in [7, 11) is 3.48. The summed E-state index contributed by atoms with van der Waals surface area (Å²) < 4.78 is 9.29. The van der Waals surface area contributed by atoms with Gasteiger partial charge in [0.05, 0.1) is 24.6 Å². The highest BCUT2D eigenvalue weighted by molar-refractivity contribution is 6.04. The molecule has 2 N–H and O–H groups in total. The lowest BCUT2D eigenvalue weighted by atomic mass is 10.1. The fourth-order valence-electron chi connectivity index (χ4n) is 3.92. The van der Waals surface area contributed by atoms with Crippen LogP contribution in [0.3, 0.4) is 0 Å². The summed E-state index contributed by atoms with van der Waals surface area (Å²) in [6.07, 6.45) is 7.38. The second kappa shape index (κ2) is 9.53. The summed E-state index contributed by atoms with van der Waals surface area (Å²) in [4.78, 5) is 16.6. The van der Waals surface area contributed by atoms with Crippen molar-refractivity contribution in [2.75, 3.05) is 17.7 Å². The Morgan fingerprint density at radius 2 is 2.11 bits per heavy atom. The topological polar surface area (TPSA) is 125 Å². The molecule has 180 valence electrons. The molecule has 3 aromatic heterocycles. The standard InChI is InChI=1S/C24H27N9O2/c1-15-19(13-26-32(15)2)22(23-29-30-31-33(23)14-16-6-7-16)27-18-8-9-20(21(11-18)35-3)28-24(34)17-5-4-10-25-12-17/h4-5,8-13,16,22,27H,6-7,14H2,1-3H3,(H,28,34). The molecule has 3 heterocycles. The number of pyridine rings is 1. The molecule has 0 bridgehead atoms. The van der Waals surface area contributed by atoms with Crippen molar-refractivity contribution in [1.82, 2.24) is 35.0 Å². The fraction of sp³-hybridized carbons (Fsp3) is 0.333. The van der Waals surface area contributed by atoms with Gasteiger partial charge in [-0.25, -0.2) is 4.68 Å². The number of aryl methyl sites for hydroxylation is 1. The van der Waals surface area contributed by atoms with Crippen molar-refractivity contribution in [2.24, 2.45) is 13.0 Å². The Bertz CT molecular complexity index is 1330. The van der Waals surface area contributed by atoms with Gasteiger partial charge in [-0.05, 0) is 60.4 Å². The number of hydrogen-bond acceptors (Lipinski definition) is 8. The molecule has 1 aliphatic carbocycles. The maximum Gasteiger partial charge on any atom is 0.257 e. The maximum absolute atomic E-state index is 12.6. The Balaban J connectivity index is 1.44. The number of carbonyl (C=O) groups is 1. The average Bonchev–Trinajstić information content (AvgIpc) is 3.48. The minimum atomic E-state index is -0.321. The second-order valence-electron chi connectivity index (χ2n) is 8.66. The van der Waals surface area contributed by atoms with E-state index in [0.29, 0.717) is 22.9 Å². The minimum Gasteiger partial charge on any atom is -0.494 e. The van der Waals surface area contributed by atoms with E-state index in [9.17, 15) is 4.79 Å². The molecule has 1 atom stereocenters. The number of amides is 1. The number of rotatable bonds is 9. The van der Waals surface area contributed by atoms with E-state index in [1.165, 1.54) is 19.0 Å². The number of nitrogens with one attached hydrogen (secondary N) is 2. The number of hydrogen-bond donors (Lipinski definition) is 2. The maximum atomic E-state index is 12.6. The number of tetrazole rings is 1. The molecule has 0 aliphatic heterocycles. The van der Waals surface area contributed by atoms with Crippen LogP contribution in [-0.2, 0) is 13.6 Å². The highest BCUT2D eigenvalue weighted by Gasteiger charge is 2.29. The van der Waals surface area contributed by atoms with Gasteiger partial charge < -0.3 is 15.4 Å². The largest absolute Gasteiger partial charge is 0.494 e. The highest BCUT2D eigenvalue weighted by Crippen LogP contribution is 2.34. The summed E-state index contributed by atoms with van der Waals surface area (Å²) in [5.41, 5.74) is 3.80. The zero-order chi connectivity index (χ0) is 24.4. The number of nitrogens with zero attached hydrogens (tertiary/aromatic N) is 7. The van der Waals surface area contributed by atoms with Gasteiger partial charge in [0, 0.05) is 49.0 Å². The smallest absolute Gasteiger partial charge is 0.257 e. The van der Waals surface area contributed by atoms with Crippen molar-refractivity contribution in [1.29, 1.82) is 0 Å². The molecular formula is C24H27N9O2. The normalized spacial score (nSPS) is 13.9. The second-order valence-corrected chi connectivity index (χ2v) is 8.66. The predicted molar refractivity (Wildman–Crippen MR) is 129 cm³/mol. The van der Waals surface area contributed by atoms with E-state index in [1.54, 1.807) is 31.5 Å². The SMILES string of the molecule is COc1cc(NC(c2cnn(C)c2C)c2nnnn2CC2CC2)ccc1NC(=O)c1cccnc1. The molecule has 1 amide bonds. The Morgan fingerprint density at radius 3 is 2.80 bits per heavy atom. The number of ether oxygens (including phenoxy) is 1. The van der Waals surface area contributed by atoms with Crippen LogP contribution in [0.1, 0.15) is 46.3 Å². The molecule has 11 heteroatoms. The van der Waals surface area contributed by atoms with Gasteiger partial charge >= 0.3 is 0 Å². The van der Waals surface area contributed by atoms with Gasteiger partial charge in [-0.3, -0.25) is 14.5 Å². The van der Waals surface area contributed by atoms with Gasteiger partial charge in [0.2, 0.25) is 0 Å². The number of methoxy groups -OCH3 is 1. The molecule has 4 aromatic rings. The first-order valence-corrected chi connectivity index (χ1v) is 11.4. The van der Waals surface area contributed by atoms with Crippen molar-refractivity contribution in [3.05, 3.63) is 71.6 Å². The van der Waals surface area contributed by atoms with Gasteiger partial charge in [0.15, 0.2) is 5.82 Å². The fourth-order valence-corrected chi connectivity index (χ4v) is 3.92. The molecule has 11 nitrogen and oxygen atoms in total. The first kappa shape index (κ1) is 22.5. The van der Waals surface area contributed by atoms with E-state index in [-0.39, 0.29) is 11.9 Å².